The maximum atomic E-state index is 15.3. The molecule has 109 heavy (non-hydrogen) atoms. The van der Waals surface area contributed by atoms with Gasteiger partial charge in [0.05, 0.1) is 37.8 Å². The summed E-state index contributed by atoms with van der Waals surface area (Å²) < 4.78 is 0. The van der Waals surface area contributed by atoms with Crippen molar-refractivity contribution >= 4 is 121 Å². The van der Waals surface area contributed by atoms with Crippen molar-refractivity contribution in [1.29, 1.82) is 0 Å². The van der Waals surface area contributed by atoms with Gasteiger partial charge in [-0.15, -0.1) is 0 Å². The Morgan fingerprint density at radius 2 is 0.945 bits per heavy atom. The fraction of sp³-hybridized carbons (Fsp3) is 0.500. The van der Waals surface area contributed by atoms with Gasteiger partial charge in [0.2, 0.25) is 82.7 Å². The number of unbranched alkanes of at least 4 members (excludes halogenated alkanes) is 2. The molecule has 0 spiro atoms. The number of carboxylic acid groups (broad SMARTS) is 1. The molecule has 2 heterocycles. The number of carbonyl (C=O) groups excluding carboxylic acids is 14. The Morgan fingerprint density at radius 3 is 1.45 bits per heavy atom. The number of primary amides is 1. The van der Waals surface area contributed by atoms with E-state index in [1.54, 1.807) is 91.1 Å². The van der Waals surface area contributed by atoms with Gasteiger partial charge < -0.3 is 117 Å². The maximum Gasteiger partial charge on any atom is 0.327 e. The molecule has 5 rings (SSSR count). The molecule has 1 fully saturated rings. The molecular weight excluding hydrogens is 1460 g/mol. The standard InChI is InChI=1S/C70H100N18O19S2/c1-36(73)58(94)76-32-55(93)78-52-34-108-109-35-53(70(106)107)86-66(102)51(33-89)85-69(105)57(39(4)91)87-59(95)37(2)77-68(104)56(38(3)90)88-61(97)46(24-14-16-26-72)79-64(100)49(29-42-31-75-44-22-12-11-21-43(42)44)83-63(99)48(28-41-19-9-6-10-20-41)81-62(98)47(27-40-17-7-5-8-18-40)82-65(101)50(30-54(74)92)84-60(96)45(80-67(52)103)23-13-15-25-71/h5-12,17-22,31,36-39,45-53,56-57,75,89-91H,13-16,23-30,32-35,71-73H2,1-4H3,(H2,74,92)(H,76,94)(H,77,104)(H,78,93)(H,79,100)(H,80,103)(H,81,98)(H,82,101)(H,83,99)(H,84,96)(H,85,105)(H,86,102)(H,87,95)(H,88,97)(H,106,107)/t36-,37-,38+,39+,45-,46-,47-,48-,49+,50-,51-,52-,53-,56-,57-/m0/s1. The zero-order valence-corrected chi connectivity index (χ0v) is 62.3. The number of para-hydroxylation sites is 1. The quantitative estimate of drug-likeness (QED) is 0.0229. The highest BCUT2D eigenvalue weighted by atomic mass is 33.1. The molecule has 4 aromatic rings. The summed E-state index contributed by atoms with van der Waals surface area (Å²) in [6.07, 6.45) is -3.00. The van der Waals surface area contributed by atoms with Crippen LogP contribution in [0.3, 0.4) is 0 Å². The molecular formula is C70H100N18O19S2. The summed E-state index contributed by atoms with van der Waals surface area (Å²) >= 11 is 0. The van der Waals surface area contributed by atoms with Crippen LogP contribution < -0.4 is 92.1 Å². The lowest BCUT2D eigenvalue weighted by Gasteiger charge is -2.29. The highest BCUT2D eigenvalue weighted by Crippen LogP contribution is 2.24. The van der Waals surface area contributed by atoms with E-state index < -0.39 is 210 Å². The van der Waals surface area contributed by atoms with Gasteiger partial charge in [-0.1, -0.05) is 100 Å². The van der Waals surface area contributed by atoms with Crippen LogP contribution in [0.2, 0.25) is 0 Å². The summed E-state index contributed by atoms with van der Waals surface area (Å²) in [5, 5.41) is 74.7. The number of H-pyrrole nitrogens is 1. The number of fused-ring (bicyclic) bond motifs is 1. The lowest BCUT2D eigenvalue weighted by Crippen LogP contribution is -2.63. The third-order valence-electron chi connectivity index (χ3n) is 17.1. The number of hydrogen-bond acceptors (Lipinski definition) is 23. The molecule has 37 nitrogen and oxygen atoms in total. The Kier molecular flexibility index (Phi) is 37.3. The van der Waals surface area contributed by atoms with E-state index in [1.807, 2.05) is 0 Å². The summed E-state index contributed by atoms with van der Waals surface area (Å²) in [5.74, 6) is -17.7. The Morgan fingerprint density at radius 1 is 0.514 bits per heavy atom. The second kappa shape index (κ2) is 45.5. The van der Waals surface area contributed by atoms with Crippen LogP contribution in [0.1, 0.15) is 89.3 Å². The summed E-state index contributed by atoms with van der Waals surface area (Å²) in [6, 6.07) is 1.78. The van der Waals surface area contributed by atoms with Gasteiger partial charge in [-0.05, 0) is 102 Å². The normalized spacial score (nSPS) is 24.4. The first-order valence-corrected chi connectivity index (χ1v) is 37.8. The average molecular weight is 1560 g/mol. The Balaban J connectivity index is 1.64. The van der Waals surface area contributed by atoms with Crippen LogP contribution in [-0.4, -0.2) is 243 Å². The molecule has 0 saturated carbocycles. The van der Waals surface area contributed by atoms with Crippen LogP contribution in [0.25, 0.3) is 10.9 Å². The predicted octanol–water partition coefficient (Wildman–Crippen LogP) is -6.14. The summed E-state index contributed by atoms with van der Waals surface area (Å²) in [7, 11) is 1.49. The maximum absolute atomic E-state index is 15.3. The summed E-state index contributed by atoms with van der Waals surface area (Å²) in [6.45, 7) is 3.01. The number of benzene rings is 3. The van der Waals surface area contributed by atoms with Gasteiger partial charge in [-0.25, -0.2) is 4.79 Å². The molecule has 1 aromatic heterocycles. The van der Waals surface area contributed by atoms with E-state index in [0.717, 1.165) is 42.4 Å². The van der Waals surface area contributed by atoms with Crippen molar-refractivity contribution in [3.63, 3.8) is 0 Å². The molecule has 26 N–H and O–H groups in total. The molecule has 0 radical (unpaired) electrons. The zero-order chi connectivity index (χ0) is 80.4. The Labute approximate surface area is 635 Å². The molecule has 1 saturated heterocycles. The Hall–Kier alpha value is -10.3. The molecule has 0 unspecified atom stereocenters. The van der Waals surface area contributed by atoms with E-state index in [4.69, 9.17) is 22.9 Å². The number of nitrogens with two attached hydrogens (primary N) is 4. The average Bonchev–Trinajstić information content (AvgIpc) is 1.71. The number of aromatic nitrogens is 1. The molecule has 0 bridgehead atoms. The van der Waals surface area contributed by atoms with Crippen molar-refractivity contribution in [2.75, 3.05) is 37.7 Å². The number of hydrogen-bond donors (Lipinski definition) is 22. The minimum atomic E-state index is -1.95. The zero-order valence-electron chi connectivity index (χ0n) is 60.7. The number of aliphatic carboxylic acids is 1. The lowest BCUT2D eigenvalue weighted by atomic mass is 10.00. The van der Waals surface area contributed by atoms with Crippen LogP contribution in [0.5, 0.6) is 0 Å². The van der Waals surface area contributed by atoms with E-state index in [9.17, 15) is 78.0 Å². The number of rotatable bonds is 24. The highest BCUT2D eigenvalue weighted by Gasteiger charge is 2.39. The minimum absolute atomic E-state index is 0.107. The number of aromatic amines is 1. The van der Waals surface area contributed by atoms with Crippen molar-refractivity contribution < 1.29 is 92.3 Å². The summed E-state index contributed by atoms with van der Waals surface area (Å²) in [5.41, 5.74) is 25.1. The van der Waals surface area contributed by atoms with Crippen LogP contribution in [0, 0.1) is 0 Å². The van der Waals surface area contributed by atoms with Gasteiger partial charge in [-0.2, -0.15) is 0 Å². The monoisotopic (exact) mass is 1560 g/mol. The molecule has 14 amide bonds. The van der Waals surface area contributed by atoms with Gasteiger partial charge in [0.1, 0.15) is 72.5 Å². The third-order valence-corrected chi connectivity index (χ3v) is 19.5. The second-order valence-corrected chi connectivity index (χ2v) is 28.6. The molecule has 3 aromatic carbocycles. The van der Waals surface area contributed by atoms with Crippen molar-refractivity contribution in [2.24, 2.45) is 22.9 Å². The number of carboxylic acids is 1. The molecule has 1 aliphatic rings. The smallest absolute Gasteiger partial charge is 0.327 e. The first-order chi connectivity index (χ1) is 51.8. The molecule has 596 valence electrons. The second-order valence-electron chi connectivity index (χ2n) is 26.1. The van der Waals surface area contributed by atoms with Crippen molar-refractivity contribution in [1.82, 2.24) is 74.1 Å². The van der Waals surface area contributed by atoms with E-state index in [0.29, 0.717) is 34.0 Å². The van der Waals surface area contributed by atoms with E-state index in [1.165, 1.54) is 6.92 Å². The fourth-order valence-electron chi connectivity index (χ4n) is 11.0. The van der Waals surface area contributed by atoms with Gasteiger partial charge in [0.15, 0.2) is 0 Å². The SMILES string of the molecule is C[C@H](N)C(=O)NCC(=O)N[C@H]1CSSC[C@@H](C(=O)O)NC(=O)[C@H](CO)NC(=O)[C@H]([C@@H](C)O)NC(=O)[C@H](C)NC(=O)[C@H]([C@@H](C)O)NC(=O)[C@H](CCCCN)NC(=O)[C@@H](Cc2c[nH]c3ccccc23)NC(=O)[C@H](Cc2ccccc2)NC(=O)[C@H](Cc2ccccc2)NC(=O)[C@H](CC(N)=O)NC(=O)[C@H](CCCCN)NC1=O. The molecule has 15 atom stereocenters. The van der Waals surface area contributed by atoms with Gasteiger partial charge in [0.25, 0.3) is 0 Å². The first-order valence-electron chi connectivity index (χ1n) is 35.3. The van der Waals surface area contributed by atoms with Crippen molar-refractivity contribution in [3.8, 4) is 0 Å². The van der Waals surface area contributed by atoms with Crippen LogP contribution in [-0.2, 0) is 91.2 Å². The first kappa shape index (κ1) is 89.3. The topological polar surface area (TPSA) is 613 Å². The largest absolute Gasteiger partial charge is 0.480 e. The van der Waals surface area contributed by atoms with Crippen LogP contribution >= 0.6 is 21.6 Å². The molecule has 0 aliphatic carbocycles. The Bertz CT molecular complexity index is 3780. The lowest BCUT2D eigenvalue weighted by molar-refractivity contribution is -0.142. The van der Waals surface area contributed by atoms with E-state index in [-0.39, 0.29) is 64.5 Å². The van der Waals surface area contributed by atoms with Crippen molar-refractivity contribution in [2.45, 2.75) is 183 Å². The highest BCUT2D eigenvalue weighted by molar-refractivity contribution is 8.76. The van der Waals surface area contributed by atoms with Gasteiger partial charge >= 0.3 is 5.97 Å². The third kappa shape index (κ3) is 29.7. The van der Waals surface area contributed by atoms with Crippen LogP contribution in [0.15, 0.2) is 91.1 Å². The predicted molar refractivity (Wildman–Crippen MR) is 400 cm³/mol. The van der Waals surface area contributed by atoms with E-state index >= 15 is 14.4 Å². The van der Waals surface area contributed by atoms with Gasteiger partial charge in [0, 0.05) is 47.9 Å². The number of amides is 14. The fourth-order valence-corrected chi connectivity index (χ4v) is 13.3. The number of nitrogens with one attached hydrogen (secondary N) is 14. The van der Waals surface area contributed by atoms with Crippen molar-refractivity contribution in [3.05, 3.63) is 108 Å². The number of carbonyl (C=O) groups is 15. The number of aliphatic hydroxyl groups excluding tert-OH is 3. The minimum Gasteiger partial charge on any atom is -0.480 e. The molecule has 1 aliphatic heterocycles. The van der Waals surface area contributed by atoms with Crippen LogP contribution in [0.4, 0.5) is 0 Å². The van der Waals surface area contributed by atoms with E-state index in [2.05, 4.69) is 74.1 Å². The number of aliphatic hydroxyl groups is 3. The van der Waals surface area contributed by atoms with Gasteiger partial charge in [-0.3, -0.25) is 67.1 Å². The summed E-state index contributed by atoms with van der Waals surface area (Å²) in [4.78, 5) is 214. The molecule has 39 heteroatoms.